The molecule has 2 heterocycles. The molecule has 0 radical (unpaired) electrons. The van der Waals surface area contributed by atoms with Gasteiger partial charge in [-0.15, -0.1) is 21.5 Å². The van der Waals surface area contributed by atoms with Crippen LogP contribution in [-0.2, 0) is 6.54 Å². The van der Waals surface area contributed by atoms with Gasteiger partial charge in [-0.1, -0.05) is 6.92 Å². The fraction of sp³-hybridized carbons (Fsp3) is 0.500. The Balaban J connectivity index is 2.02. The molecule has 0 amide bonds. The summed E-state index contributed by atoms with van der Waals surface area (Å²) in [4.78, 5) is 5.08. The Bertz CT molecular complexity index is 451. The lowest BCUT2D eigenvalue weighted by atomic mass is 10.5. The highest BCUT2D eigenvalue weighted by atomic mass is 32.1. The lowest BCUT2D eigenvalue weighted by Crippen LogP contribution is -2.13. The number of nitrogens with zero attached hydrogens (tertiary/aromatic N) is 3. The molecule has 86 valence electrons. The third-order valence-corrected chi connectivity index (χ3v) is 2.90. The van der Waals surface area contributed by atoms with E-state index < -0.39 is 0 Å². The minimum Gasteiger partial charge on any atom is -0.418 e. The molecule has 2 rings (SSSR count). The van der Waals surface area contributed by atoms with Crippen LogP contribution in [0.5, 0.6) is 0 Å². The second-order valence-corrected chi connectivity index (χ2v) is 4.66. The van der Waals surface area contributed by atoms with Gasteiger partial charge < -0.3 is 9.73 Å². The number of aromatic nitrogens is 3. The van der Waals surface area contributed by atoms with Crippen LogP contribution < -0.4 is 5.32 Å². The molecule has 0 bridgehead atoms. The number of nitrogens with one attached hydrogen (secondary N) is 1. The van der Waals surface area contributed by atoms with Gasteiger partial charge in [-0.05, 0) is 19.9 Å². The third kappa shape index (κ3) is 2.65. The zero-order valence-electron chi connectivity index (χ0n) is 9.36. The minimum atomic E-state index is 0.555. The lowest BCUT2D eigenvalue weighted by Gasteiger charge is -1.96. The smallest absolute Gasteiger partial charge is 0.259 e. The molecule has 2 aromatic heterocycles. The SMILES string of the molecule is CCCNCc1nnc(-c2cnc(C)s2)o1. The third-order valence-electron chi connectivity index (χ3n) is 2.00. The number of aryl methyl sites for hydroxylation is 1. The van der Waals surface area contributed by atoms with Crippen molar-refractivity contribution in [2.45, 2.75) is 26.8 Å². The molecular weight excluding hydrogens is 224 g/mol. The van der Waals surface area contributed by atoms with Crippen LogP contribution in [0.25, 0.3) is 10.8 Å². The van der Waals surface area contributed by atoms with Crippen molar-refractivity contribution < 1.29 is 4.42 Å². The molecule has 0 spiro atoms. The summed E-state index contributed by atoms with van der Waals surface area (Å²) in [5.41, 5.74) is 0. The molecule has 0 unspecified atom stereocenters. The molecule has 0 saturated heterocycles. The predicted molar refractivity (Wildman–Crippen MR) is 62.1 cm³/mol. The van der Waals surface area contributed by atoms with Gasteiger partial charge in [0.2, 0.25) is 5.89 Å². The highest BCUT2D eigenvalue weighted by Crippen LogP contribution is 2.24. The van der Waals surface area contributed by atoms with Gasteiger partial charge in [0.15, 0.2) is 0 Å². The van der Waals surface area contributed by atoms with Gasteiger partial charge in [0.1, 0.15) is 4.88 Å². The molecule has 6 heteroatoms. The molecule has 1 N–H and O–H groups in total. The molecule has 0 fully saturated rings. The zero-order chi connectivity index (χ0) is 11.4. The fourth-order valence-electron chi connectivity index (χ4n) is 1.26. The summed E-state index contributed by atoms with van der Waals surface area (Å²) in [6.45, 7) is 5.65. The van der Waals surface area contributed by atoms with Gasteiger partial charge in [-0.25, -0.2) is 4.98 Å². The Morgan fingerprint density at radius 1 is 1.44 bits per heavy atom. The first-order valence-electron chi connectivity index (χ1n) is 5.25. The van der Waals surface area contributed by atoms with Crippen molar-refractivity contribution in [3.8, 4) is 10.8 Å². The quantitative estimate of drug-likeness (QED) is 0.807. The van der Waals surface area contributed by atoms with Crippen LogP contribution >= 0.6 is 11.3 Å². The van der Waals surface area contributed by atoms with Crippen molar-refractivity contribution in [2.24, 2.45) is 0 Å². The molecule has 16 heavy (non-hydrogen) atoms. The van der Waals surface area contributed by atoms with Gasteiger partial charge in [-0.2, -0.15) is 0 Å². The van der Waals surface area contributed by atoms with E-state index in [0.717, 1.165) is 22.9 Å². The largest absolute Gasteiger partial charge is 0.418 e. The predicted octanol–water partition coefficient (Wildman–Crippen LogP) is 2.00. The van der Waals surface area contributed by atoms with Crippen molar-refractivity contribution in [3.05, 3.63) is 17.1 Å². The molecule has 0 aliphatic rings. The second kappa shape index (κ2) is 5.18. The average molecular weight is 238 g/mol. The Kier molecular flexibility index (Phi) is 3.63. The Labute approximate surface area is 97.9 Å². The minimum absolute atomic E-state index is 0.555. The maximum absolute atomic E-state index is 5.52. The Hall–Kier alpha value is -1.27. The van der Waals surface area contributed by atoms with E-state index in [1.165, 1.54) is 0 Å². The number of hydrogen-bond donors (Lipinski definition) is 1. The monoisotopic (exact) mass is 238 g/mol. The maximum atomic E-state index is 5.52. The summed E-state index contributed by atoms with van der Waals surface area (Å²) in [7, 11) is 0. The summed E-state index contributed by atoms with van der Waals surface area (Å²) in [5.74, 6) is 1.17. The molecule has 5 nitrogen and oxygen atoms in total. The van der Waals surface area contributed by atoms with E-state index in [9.17, 15) is 0 Å². The molecule has 0 saturated carbocycles. The summed E-state index contributed by atoms with van der Waals surface area (Å²) >= 11 is 1.55. The van der Waals surface area contributed by atoms with Crippen molar-refractivity contribution in [1.29, 1.82) is 0 Å². The van der Waals surface area contributed by atoms with E-state index in [4.69, 9.17) is 4.42 Å². The number of rotatable bonds is 5. The summed E-state index contributed by atoms with van der Waals surface area (Å²) in [6, 6.07) is 0. The van der Waals surface area contributed by atoms with E-state index >= 15 is 0 Å². The van der Waals surface area contributed by atoms with Crippen molar-refractivity contribution >= 4 is 11.3 Å². The van der Waals surface area contributed by atoms with Crippen LogP contribution in [0.2, 0.25) is 0 Å². The first-order valence-corrected chi connectivity index (χ1v) is 6.07. The Morgan fingerprint density at radius 3 is 3.00 bits per heavy atom. The van der Waals surface area contributed by atoms with Gasteiger partial charge in [-0.3, -0.25) is 0 Å². The highest BCUT2D eigenvalue weighted by Gasteiger charge is 2.10. The van der Waals surface area contributed by atoms with Gasteiger partial charge in [0, 0.05) is 0 Å². The molecule has 0 aliphatic heterocycles. The van der Waals surface area contributed by atoms with E-state index in [0.29, 0.717) is 18.3 Å². The maximum Gasteiger partial charge on any atom is 0.259 e. The van der Waals surface area contributed by atoms with Crippen LogP contribution in [0.4, 0.5) is 0 Å². The normalized spacial score (nSPS) is 10.9. The lowest BCUT2D eigenvalue weighted by molar-refractivity contribution is 0.478. The average Bonchev–Trinajstić information content (AvgIpc) is 2.87. The first kappa shape index (κ1) is 11.2. The summed E-state index contributed by atoms with van der Waals surface area (Å²) in [6.07, 6.45) is 2.85. The van der Waals surface area contributed by atoms with Crippen LogP contribution in [0.3, 0.4) is 0 Å². The summed E-state index contributed by atoms with van der Waals surface area (Å²) < 4.78 is 5.52. The molecule has 0 aromatic carbocycles. The van der Waals surface area contributed by atoms with E-state index in [2.05, 4.69) is 27.4 Å². The van der Waals surface area contributed by atoms with Crippen molar-refractivity contribution in [1.82, 2.24) is 20.5 Å². The second-order valence-electron chi connectivity index (χ2n) is 3.42. The van der Waals surface area contributed by atoms with Gasteiger partial charge in [0.25, 0.3) is 5.89 Å². The first-order chi connectivity index (χ1) is 7.79. The standard InChI is InChI=1S/C10H14N4OS/c1-3-4-11-6-9-13-14-10(15-9)8-5-12-7(2)16-8/h5,11H,3-4,6H2,1-2H3. The zero-order valence-corrected chi connectivity index (χ0v) is 10.2. The van der Waals surface area contributed by atoms with Crippen LogP contribution in [0.15, 0.2) is 10.6 Å². The highest BCUT2D eigenvalue weighted by molar-refractivity contribution is 7.14. The molecule has 2 aromatic rings. The van der Waals surface area contributed by atoms with E-state index in [1.807, 2.05) is 6.92 Å². The topological polar surface area (TPSA) is 63.8 Å². The summed E-state index contributed by atoms with van der Waals surface area (Å²) in [5, 5.41) is 12.2. The van der Waals surface area contributed by atoms with Crippen LogP contribution in [0.1, 0.15) is 24.2 Å². The van der Waals surface area contributed by atoms with Gasteiger partial charge in [0.05, 0.1) is 17.7 Å². The fourth-order valence-corrected chi connectivity index (χ4v) is 1.96. The van der Waals surface area contributed by atoms with E-state index in [1.54, 1.807) is 17.5 Å². The number of hydrogen-bond acceptors (Lipinski definition) is 6. The van der Waals surface area contributed by atoms with E-state index in [-0.39, 0.29) is 0 Å². The molecule has 0 atom stereocenters. The molecule has 0 aliphatic carbocycles. The van der Waals surface area contributed by atoms with Crippen molar-refractivity contribution in [3.63, 3.8) is 0 Å². The Morgan fingerprint density at radius 2 is 2.31 bits per heavy atom. The van der Waals surface area contributed by atoms with Crippen LogP contribution in [-0.4, -0.2) is 21.7 Å². The molecular formula is C10H14N4OS. The van der Waals surface area contributed by atoms with Gasteiger partial charge >= 0.3 is 0 Å². The van der Waals surface area contributed by atoms with Crippen LogP contribution in [0, 0.1) is 6.92 Å². The van der Waals surface area contributed by atoms with Crippen molar-refractivity contribution in [2.75, 3.05) is 6.54 Å². The number of thiazole rings is 1.